The van der Waals surface area contributed by atoms with Gasteiger partial charge in [-0.3, -0.25) is 0 Å². The Balaban J connectivity index is 1.87. The zero-order valence-corrected chi connectivity index (χ0v) is 13.9. The predicted molar refractivity (Wildman–Crippen MR) is 93.1 cm³/mol. The number of allylic oxidation sites excluding steroid dienone is 1. The Labute approximate surface area is 131 Å². The standard InChI is InChI=1S/C18H32BCl/c20-16-10-2-1-9-15-19(17-11-5-3-6-12-17)18-13-7-4-8-14-18/h9,15,17-18H,1-8,10-14,16H2/b15-9-. The molecule has 0 amide bonds. The summed E-state index contributed by atoms with van der Waals surface area (Å²) in [4.78, 5) is 0. The van der Waals surface area contributed by atoms with Crippen LogP contribution in [0.4, 0.5) is 0 Å². The normalized spacial score (nSPS) is 22.4. The van der Waals surface area contributed by atoms with Crippen LogP contribution in [0.5, 0.6) is 0 Å². The lowest BCUT2D eigenvalue weighted by molar-refractivity contribution is 0.464. The summed E-state index contributed by atoms with van der Waals surface area (Å²) in [5, 5.41) is 0. The Kier molecular flexibility index (Phi) is 8.17. The highest BCUT2D eigenvalue weighted by Gasteiger charge is 2.32. The maximum atomic E-state index is 5.76. The molecule has 114 valence electrons. The molecule has 0 heterocycles. The number of unbranched alkanes of at least 4 members (excludes halogenated alkanes) is 2. The van der Waals surface area contributed by atoms with Crippen molar-refractivity contribution < 1.29 is 0 Å². The van der Waals surface area contributed by atoms with Gasteiger partial charge in [0, 0.05) is 5.88 Å². The van der Waals surface area contributed by atoms with E-state index in [-0.39, 0.29) is 0 Å². The second-order valence-electron chi connectivity index (χ2n) is 6.99. The van der Waals surface area contributed by atoms with Crippen molar-refractivity contribution in [2.24, 2.45) is 0 Å². The Hall–Kier alpha value is 0.0949. The number of halogens is 1. The summed E-state index contributed by atoms with van der Waals surface area (Å²) in [7, 11) is 0. The Morgan fingerprint density at radius 1 is 0.800 bits per heavy atom. The molecule has 0 aromatic carbocycles. The van der Waals surface area contributed by atoms with Crippen molar-refractivity contribution in [1.82, 2.24) is 0 Å². The maximum Gasteiger partial charge on any atom is 0.172 e. The molecule has 20 heavy (non-hydrogen) atoms. The van der Waals surface area contributed by atoms with E-state index in [2.05, 4.69) is 12.1 Å². The van der Waals surface area contributed by atoms with Crippen LogP contribution in [0.2, 0.25) is 11.6 Å². The summed E-state index contributed by atoms with van der Waals surface area (Å²) < 4.78 is 0. The van der Waals surface area contributed by atoms with Crippen LogP contribution in [0.15, 0.2) is 12.1 Å². The van der Waals surface area contributed by atoms with Gasteiger partial charge in [0.2, 0.25) is 0 Å². The third-order valence-corrected chi connectivity index (χ3v) is 5.77. The molecular formula is C18H32BCl. The first-order chi connectivity index (χ1) is 9.92. The van der Waals surface area contributed by atoms with Crippen molar-refractivity contribution >= 4 is 18.3 Å². The van der Waals surface area contributed by atoms with Crippen molar-refractivity contribution in [3.05, 3.63) is 12.1 Å². The molecule has 0 atom stereocenters. The Morgan fingerprint density at radius 2 is 1.35 bits per heavy atom. The molecule has 2 saturated carbocycles. The average molecular weight is 295 g/mol. The number of alkyl halides is 1. The summed E-state index contributed by atoms with van der Waals surface area (Å²) in [6.07, 6.45) is 21.0. The van der Waals surface area contributed by atoms with E-state index in [0.29, 0.717) is 0 Å². The Bertz CT molecular complexity index is 247. The van der Waals surface area contributed by atoms with Gasteiger partial charge in [-0.05, 0) is 19.3 Å². The first kappa shape index (κ1) is 16.5. The van der Waals surface area contributed by atoms with Crippen LogP contribution in [0.25, 0.3) is 0 Å². The SMILES string of the molecule is ClCCCC/C=C\B(C1CCCCC1)C1CCCCC1. The molecule has 2 rings (SSSR count). The zero-order chi connectivity index (χ0) is 14.0. The van der Waals surface area contributed by atoms with E-state index in [1.165, 1.54) is 83.5 Å². The molecular weight excluding hydrogens is 262 g/mol. The second-order valence-corrected chi connectivity index (χ2v) is 7.36. The van der Waals surface area contributed by atoms with Crippen molar-refractivity contribution in [1.29, 1.82) is 0 Å². The van der Waals surface area contributed by atoms with Crippen LogP contribution < -0.4 is 0 Å². The van der Waals surface area contributed by atoms with Crippen molar-refractivity contribution in [2.75, 3.05) is 5.88 Å². The highest BCUT2D eigenvalue weighted by molar-refractivity contribution is 6.67. The van der Waals surface area contributed by atoms with Crippen LogP contribution in [0.1, 0.15) is 83.5 Å². The van der Waals surface area contributed by atoms with Crippen molar-refractivity contribution in [3.8, 4) is 0 Å². The highest BCUT2D eigenvalue weighted by atomic mass is 35.5. The van der Waals surface area contributed by atoms with Gasteiger partial charge in [0.05, 0.1) is 0 Å². The minimum absolute atomic E-state index is 0.822. The topological polar surface area (TPSA) is 0 Å². The van der Waals surface area contributed by atoms with E-state index >= 15 is 0 Å². The fourth-order valence-electron chi connectivity index (χ4n) is 4.35. The molecule has 2 aliphatic rings. The summed E-state index contributed by atoms with van der Waals surface area (Å²) in [6.45, 7) is 0.895. The largest absolute Gasteiger partial charge is 0.172 e. The fraction of sp³-hybridized carbons (Fsp3) is 0.889. The van der Waals surface area contributed by atoms with Gasteiger partial charge >= 0.3 is 0 Å². The number of hydrogen-bond donors (Lipinski definition) is 0. The molecule has 0 nitrogen and oxygen atoms in total. The molecule has 0 N–H and O–H groups in total. The van der Waals surface area contributed by atoms with Gasteiger partial charge in [0.25, 0.3) is 0 Å². The van der Waals surface area contributed by atoms with Gasteiger partial charge in [0.1, 0.15) is 0 Å². The molecule has 0 unspecified atom stereocenters. The van der Waals surface area contributed by atoms with E-state index < -0.39 is 0 Å². The van der Waals surface area contributed by atoms with Gasteiger partial charge in [-0.25, -0.2) is 0 Å². The van der Waals surface area contributed by atoms with Crippen LogP contribution in [-0.2, 0) is 0 Å². The minimum Gasteiger partial charge on any atom is -0.127 e. The van der Waals surface area contributed by atoms with E-state index in [1.807, 2.05) is 0 Å². The summed E-state index contributed by atoms with van der Waals surface area (Å²) in [6, 6.07) is 0. The first-order valence-electron chi connectivity index (χ1n) is 9.14. The van der Waals surface area contributed by atoms with Gasteiger partial charge in [-0.2, -0.15) is 0 Å². The van der Waals surface area contributed by atoms with Crippen molar-refractivity contribution in [2.45, 2.75) is 95.1 Å². The highest BCUT2D eigenvalue weighted by Crippen LogP contribution is 2.41. The third kappa shape index (κ3) is 5.47. The lowest BCUT2D eigenvalue weighted by Crippen LogP contribution is -2.28. The maximum absolute atomic E-state index is 5.76. The number of rotatable bonds is 7. The first-order valence-corrected chi connectivity index (χ1v) is 9.68. The van der Waals surface area contributed by atoms with Crippen LogP contribution in [0, 0.1) is 0 Å². The molecule has 2 fully saturated rings. The van der Waals surface area contributed by atoms with Gasteiger partial charge in [0.15, 0.2) is 6.71 Å². The molecule has 0 spiro atoms. The molecule has 0 radical (unpaired) electrons. The van der Waals surface area contributed by atoms with Crippen LogP contribution in [0.3, 0.4) is 0 Å². The van der Waals surface area contributed by atoms with E-state index in [0.717, 1.165) is 24.2 Å². The molecule has 0 aliphatic heterocycles. The molecule has 0 aromatic rings. The smallest absolute Gasteiger partial charge is 0.127 e. The summed E-state index contributed by atoms with van der Waals surface area (Å²) >= 11 is 5.76. The third-order valence-electron chi connectivity index (χ3n) is 5.50. The summed E-state index contributed by atoms with van der Waals surface area (Å²) in [5.74, 6) is 5.44. The lowest BCUT2D eigenvalue weighted by atomic mass is 9.30. The molecule has 2 aliphatic carbocycles. The molecule has 0 bridgehead atoms. The van der Waals surface area contributed by atoms with Gasteiger partial charge < -0.3 is 0 Å². The van der Waals surface area contributed by atoms with Crippen LogP contribution >= 0.6 is 11.6 Å². The quantitative estimate of drug-likeness (QED) is 0.280. The van der Waals surface area contributed by atoms with Gasteiger partial charge in [-0.1, -0.05) is 81.9 Å². The monoisotopic (exact) mass is 294 g/mol. The Morgan fingerprint density at radius 3 is 1.85 bits per heavy atom. The van der Waals surface area contributed by atoms with Crippen LogP contribution in [-0.4, -0.2) is 12.6 Å². The predicted octanol–water partition coefficient (Wildman–Crippen LogP) is 6.65. The van der Waals surface area contributed by atoms with E-state index in [4.69, 9.17) is 11.6 Å². The molecule has 2 heteroatoms. The van der Waals surface area contributed by atoms with Gasteiger partial charge in [-0.15, -0.1) is 17.6 Å². The van der Waals surface area contributed by atoms with Crippen molar-refractivity contribution in [3.63, 3.8) is 0 Å². The van der Waals surface area contributed by atoms with E-state index in [9.17, 15) is 0 Å². The minimum atomic E-state index is 0.822. The molecule has 0 aromatic heterocycles. The second kappa shape index (κ2) is 9.93. The lowest BCUT2D eigenvalue weighted by Gasteiger charge is -2.34. The average Bonchev–Trinajstić information content (AvgIpc) is 2.53. The fourth-order valence-corrected chi connectivity index (χ4v) is 4.54. The van der Waals surface area contributed by atoms with E-state index in [1.54, 1.807) is 0 Å². The number of hydrogen-bond acceptors (Lipinski definition) is 0. The summed E-state index contributed by atoms with van der Waals surface area (Å²) in [5.41, 5.74) is 0. The molecule has 0 saturated heterocycles. The zero-order valence-electron chi connectivity index (χ0n) is 13.2.